The maximum atomic E-state index is 5.73. The van der Waals surface area contributed by atoms with Crippen LogP contribution in [0.15, 0.2) is 0 Å². The Morgan fingerprint density at radius 2 is 1.80 bits per heavy atom. The summed E-state index contributed by atoms with van der Waals surface area (Å²) in [5, 5.41) is 0. The van der Waals surface area contributed by atoms with Gasteiger partial charge in [0.25, 0.3) is 0 Å². The summed E-state index contributed by atoms with van der Waals surface area (Å²) in [5.74, 6) is 0.978. The molecule has 2 unspecified atom stereocenters. The molecule has 2 atom stereocenters. The standard InChI is InChI=1S/C9H16O/c1-2-7-5-8-3-4-9(6-7)10-8/h7-9H,2-6H2,1H3. The maximum Gasteiger partial charge on any atom is 0.0582 e. The summed E-state index contributed by atoms with van der Waals surface area (Å²) in [6.45, 7) is 2.30. The fraction of sp³-hybridized carbons (Fsp3) is 1.00. The van der Waals surface area contributed by atoms with Crippen molar-refractivity contribution < 1.29 is 4.74 Å². The molecule has 0 aromatic rings. The highest BCUT2D eigenvalue weighted by Gasteiger charge is 2.33. The molecule has 2 saturated heterocycles. The molecule has 2 heterocycles. The highest BCUT2D eigenvalue weighted by atomic mass is 16.5. The van der Waals surface area contributed by atoms with Gasteiger partial charge in [-0.3, -0.25) is 0 Å². The van der Waals surface area contributed by atoms with Crippen LogP contribution in [0, 0.1) is 5.92 Å². The van der Waals surface area contributed by atoms with Gasteiger partial charge in [0.1, 0.15) is 0 Å². The van der Waals surface area contributed by atoms with Crippen molar-refractivity contribution in [3.05, 3.63) is 0 Å². The van der Waals surface area contributed by atoms with Crippen molar-refractivity contribution in [2.75, 3.05) is 0 Å². The molecule has 2 aliphatic heterocycles. The molecule has 2 aliphatic rings. The summed E-state index contributed by atoms with van der Waals surface area (Å²) in [7, 11) is 0. The van der Waals surface area contributed by atoms with Crippen molar-refractivity contribution in [1.82, 2.24) is 0 Å². The van der Waals surface area contributed by atoms with Crippen LogP contribution in [0.3, 0.4) is 0 Å². The molecule has 0 aromatic carbocycles. The molecule has 2 bridgehead atoms. The van der Waals surface area contributed by atoms with Gasteiger partial charge in [-0.15, -0.1) is 0 Å². The van der Waals surface area contributed by atoms with Crippen molar-refractivity contribution in [2.24, 2.45) is 5.92 Å². The van der Waals surface area contributed by atoms with E-state index < -0.39 is 0 Å². The van der Waals surface area contributed by atoms with Crippen molar-refractivity contribution in [3.8, 4) is 0 Å². The molecule has 0 radical (unpaired) electrons. The van der Waals surface area contributed by atoms with E-state index in [0.29, 0.717) is 12.2 Å². The van der Waals surface area contributed by atoms with E-state index in [4.69, 9.17) is 4.74 Å². The minimum absolute atomic E-state index is 0.642. The number of fused-ring (bicyclic) bond motifs is 2. The molecule has 0 saturated carbocycles. The molecule has 0 amide bonds. The number of hydrogen-bond acceptors (Lipinski definition) is 1. The second kappa shape index (κ2) is 2.54. The molecule has 1 heteroatoms. The van der Waals surface area contributed by atoms with Crippen molar-refractivity contribution in [3.63, 3.8) is 0 Å². The molecule has 1 nitrogen and oxygen atoms in total. The predicted octanol–water partition coefficient (Wildman–Crippen LogP) is 2.35. The Labute approximate surface area is 62.8 Å². The Hall–Kier alpha value is -0.0400. The fourth-order valence-corrected chi connectivity index (χ4v) is 2.30. The van der Waals surface area contributed by atoms with Gasteiger partial charge in [-0.2, -0.15) is 0 Å². The highest BCUT2D eigenvalue weighted by molar-refractivity contribution is 4.83. The van der Waals surface area contributed by atoms with Gasteiger partial charge in [0.05, 0.1) is 12.2 Å². The van der Waals surface area contributed by atoms with Gasteiger partial charge in [0, 0.05) is 0 Å². The predicted molar refractivity (Wildman–Crippen MR) is 40.9 cm³/mol. The summed E-state index contributed by atoms with van der Waals surface area (Å²) >= 11 is 0. The van der Waals surface area contributed by atoms with E-state index in [1.165, 1.54) is 32.1 Å². The topological polar surface area (TPSA) is 9.23 Å². The lowest BCUT2D eigenvalue weighted by Gasteiger charge is -2.27. The number of hydrogen-bond donors (Lipinski definition) is 0. The fourth-order valence-electron chi connectivity index (χ4n) is 2.30. The Morgan fingerprint density at radius 1 is 1.20 bits per heavy atom. The van der Waals surface area contributed by atoms with E-state index in [1.54, 1.807) is 0 Å². The summed E-state index contributed by atoms with van der Waals surface area (Å²) in [6.07, 6.45) is 7.99. The van der Waals surface area contributed by atoms with Gasteiger partial charge in [-0.25, -0.2) is 0 Å². The lowest BCUT2D eigenvalue weighted by atomic mass is 9.93. The molecule has 0 N–H and O–H groups in total. The Kier molecular flexibility index (Phi) is 1.69. The average molecular weight is 140 g/mol. The molecule has 0 aromatic heterocycles. The molecule has 58 valence electrons. The van der Waals surface area contributed by atoms with Crippen LogP contribution in [0.25, 0.3) is 0 Å². The first kappa shape index (κ1) is 6.66. The first-order chi connectivity index (χ1) is 4.88. The van der Waals surface area contributed by atoms with Crippen LogP contribution in [0.5, 0.6) is 0 Å². The van der Waals surface area contributed by atoms with Gasteiger partial charge in [-0.1, -0.05) is 13.3 Å². The zero-order valence-electron chi connectivity index (χ0n) is 6.68. The average Bonchev–Trinajstić information content (AvgIpc) is 2.30. The largest absolute Gasteiger partial charge is 0.375 e. The molecular weight excluding hydrogens is 124 g/mol. The van der Waals surface area contributed by atoms with Crippen LogP contribution in [0.2, 0.25) is 0 Å². The maximum absolute atomic E-state index is 5.73. The van der Waals surface area contributed by atoms with Crippen LogP contribution >= 0.6 is 0 Å². The van der Waals surface area contributed by atoms with Gasteiger partial charge >= 0.3 is 0 Å². The normalized spacial score (nSPS) is 45.9. The SMILES string of the molecule is CCC1CC2CCC(C1)O2. The van der Waals surface area contributed by atoms with E-state index in [2.05, 4.69) is 6.92 Å². The summed E-state index contributed by atoms with van der Waals surface area (Å²) in [5.41, 5.74) is 0. The zero-order chi connectivity index (χ0) is 6.97. The van der Waals surface area contributed by atoms with Crippen LogP contribution in [0.4, 0.5) is 0 Å². The van der Waals surface area contributed by atoms with Crippen molar-refractivity contribution in [2.45, 2.75) is 51.2 Å². The van der Waals surface area contributed by atoms with E-state index in [1.807, 2.05) is 0 Å². The molecule has 2 rings (SSSR count). The smallest absolute Gasteiger partial charge is 0.0582 e. The van der Waals surface area contributed by atoms with Gasteiger partial charge in [0.15, 0.2) is 0 Å². The minimum atomic E-state index is 0.642. The third-order valence-corrected chi connectivity index (χ3v) is 2.97. The molecular formula is C9H16O. The quantitative estimate of drug-likeness (QED) is 0.543. The zero-order valence-corrected chi connectivity index (χ0v) is 6.68. The second-order valence-electron chi connectivity index (χ2n) is 3.70. The van der Waals surface area contributed by atoms with Crippen LogP contribution in [0.1, 0.15) is 39.0 Å². The molecule has 2 fully saturated rings. The Balaban J connectivity index is 1.96. The van der Waals surface area contributed by atoms with Crippen LogP contribution in [-0.4, -0.2) is 12.2 Å². The van der Waals surface area contributed by atoms with Crippen LogP contribution in [-0.2, 0) is 4.74 Å². The molecule has 10 heavy (non-hydrogen) atoms. The number of rotatable bonds is 1. The molecule has 0 spiro atoms. The highest BCUT2D eigenvalue weighted by Crippen LogP contribution is 2.36. The summed E-state index contributed by atoms with van der Waals surface area (Å²) in [6, 6.07) is 0. The van der Waals surface area contributed by atoms with Gasteiger partial charge < -0.3 is 4.74 Å². The van der Waals surface area contributed by atoms with Crippen molar-refractivity contribution in [1.29, 1.82) is 0 Å². The lowest BCUT2D eigenvalue weighted by molar-refractivity contribution is -0.0198. The first-order valence-corrected chi connectivity index (χ1v) is 4.54. The van der Waals surface area contributed by atoms with Crippen LogP contribution < -0.4 is 0 Å². The van der Waals surface area contributed by atoms with E-state index in [9.17, 15) is 0 Å². The molecule has 0 aliphatic carbocycles. The van der Waals surface area contributed by atoms with E-state index in [0.717, 1.165) is 5.92 Å². The minimum Gasteiger partial charge on any atom is -0.375 e. The van der Waals surface area contributed by atoms with Crippen molar-refractivity contribution >= 4 is 0 Å². The summed E-state index contributed by atoms with van der Waals surface area (Å²) in [4.78, 5) is 0. The van der Waals surface area contributed by atoms with E-state index in [-0.39, 0.29) is 0 Å². The third kappa shape index (κ3) is 1.07. The Bertz CT molecular complexity index is 110. The van der Waals surface area contributed by atoms with E-state index >= 15 is 0 Å². The Morgan fingerprint density at radius 3 is 2.30 bits per heavy atom. The third-order valence-electron chi connectivity index (χ3n) is 2.97. The lowest BCUT2D eigenvalue weighted by Crippen LogP contribution is -2.24. The summed E-state index contributed by atoms with van der Waals surface area (Å²) < 4.78 is 5.73. The first-order valence-electron chi connectivity index (χ1n) is 4.54. The van der Waals surface area contributed by atoms with Gasteiger partial charge in [-0.05, 0) is 31.6 Å². The monoisotopic (exact) mass is 140 g/mol. The van der Waals surface area contributed by atoms with Gasteiger partial charge in [0.2, 0.25) is 0 Å². The second-order valence-corrected chi connectivity index (χ2v) is 3.70. The number of ether oxygens (including phenoxy) is 1.